The molecule has 47 heavy (non-hydrogen) atoms. The van der Waals surface area contributed by atoms with Gasteiger partial charge >= 0.3 is 5.97 Å². The van der Waals surface area contributed by atoms with Gasteiger partial charge in [0.05, 0.1) is 23.7 Å². The van der Waals surface area contributed by atoms with Crippen molar-refractivity contribution < 1.29 is 44.2 Å². The molecule has 0 radical (unpaired) electrons. The summed E-state index contributed by atoms with van der Waals surface area (Å²) in [5.74, 6) is -1.60. The Hall–Kier alpha value is -0.890. The molecule has 0 aromatic heterocycles. The first-order valence-electron chi connectivity index (χ1n) is 18.1. The Morgan fingerprint density at radius 3 is 2.17 bits per heavy atom. The molecule has 0 spiro atoms. The fourth-order valence-corrected chi connectivity index (χ4v) is 8.09. The average molecular weight is 675 g/mol. The number of rotatable bonds is 10. The number of ether oxygens (including phenoxy) is 4. The normalized spacial score (nSPS) is 45.2. The number of cyclic esters (lactones) is 1. The molecule has 9 unspecified atom stereocenters. The van der Waals surface area contributed by atoms with E-state index < -0.39 is 71.0 Å². The molecule has 2 saturated heterocycles. The van der Waals surface area contributed by atoms with Gasteiger partial charge in [0, 0.05) is 32.7 Å². The average Bonchev–Trinajstić information content (AvgIpc) is 2.98. The quantitative estimate of drug-likeness (QED) is 0.171. The van der Waals surface area contributed by atoms with Gasteiger partial charge in [-0.3, -0.25) is 9.69 Å². The van der Waals surface area contributed by atoms with Gasteiger partial charge in [0.25, 0.3) is 0 Å². The Labute approximate surface area is 285 Å². The SMILES string of the molecule is CCCNC[C@]1(O)[C@H](C)O[C@@H](OC2C(C)CC(C)(O)CC(C)CN(CCC)C(C)C(O)C(C)(O)C(CC)OC(=O)C2C)C[C@@]1(C)OC. The lowest BCUT2D eigenvalue weighted by Gasteiger charge is -2.53. The molecule has 13 atom stereocenters. The molecule has 0 aliphatic carbocycles. The summed E-state index contributed by atoms with van der Waals surface area (Å²) in [4.78, 5) is 16.0. The summed E-state index contributed by atoms with van der Waals surface area (Å²) in [6.07, 6.45) is -1.23. The predicted octanol–water partition coefficient (Wildman–Crippen LogP) is 3.63. The first-order valence-corrected chi connectivity index (χ1v) is 18.1. The van der Waals surface area contributed by atoms with Crippen molar-refractivity contribution in [2.45, 2.75) is 174 Å². The van der Waals surface area contributed by atoms with Gasteiger partial charge in [0.15, 0.2) is 6.29 Å². The second kappa shape index (κ2) is 17.4. The van der Waals surface area contributed by atoms with E-state index >= 15 is 0 Å². The molecule has 11 nitrogen and oxygen atoms in total. The highest BCUT2D eigenvalue weighted by Gasteiger charge is 2.57. The number of hydrogen-bond donors (Lipinski definition) is 5. The minimum absolute atomic E-state index is 0.0778. The van der Waals surface area contributed by atoms with E-state index in [1.807, 2.05) is 34.6 Å². The summed E-state index contributed by atoms with van der Waals surface area (Å²) in [5, 5.41) is 50.0. The Kier molecular flexibility index (Phi) is 15.6. The zero-order valence-corrected chi connectivity index (χ0v) is 31.5. The third kappa shape index (κ3) is 10.1. The van der Waals surface area contributed by atoms with Crippen molar-refractivity contribution in [2.24, 2.45) is 17.8 Å². The van der Waals surface area contributed by atoms with Gasteiger partial charge in [0.2, 0.25) is 0 Å². The fraction of sp³-hybridized carbons (Fsp3) is 0.972. The van der Waals surface area contributed by atoms with Gasteiger partial charge in [-0.1, -0.05) is 34.6 Å². The van der Waals surface area contributed by atoms with Crippen LogP contribution in [0.2, 0.25) is 0 Å². The molecule has 0 saturated carbocycles. The summed E-state index contributed by atoms with van der Waals surface area (Å²) < 4.78 is 24.9. The highest BCUT2D eigenvalue weighted by atomic mass is 16.7. The van der Waals surface area contributed by atoms with Crippen LogP contribution in [0.5, 0.6) is 0 Å². The number of methoxy groups -OCH3 is 1. The molecular weight excluding hydrogens is 604 g/mol. The van der Waals surface area contributed by atoms with Crippen molar-refractivity contribution in [3.63, 3.8) is 0 Å². The highest BCUT2D eigenvalue weighted by molar-refractivity contribution is 5.73. The zero-order chi connectivity index (χ0) is 36.0. The molecule has 2 heterocycles. The topological polar surface area (TPSA) is 150 Å². The minimum atomic E-state index is -1.72. The Morgan fingerprint density at radius 2 is 1.62 bits per heavy atom. The van der Waals surface area contributed by atoms with Gasteiger partial charge in [-0.15, -0.1) is 0 Å². The van der Waals surface area contributed by atoms with E-state index in [1.165, 1.54) is 6.92 Å². The number of aliphatic hydroxyl groups is 4. The summed E-state index contributed by atoms with van der Waals surface area (Å²) in [7, 11) is 1.57. The number of nitrogens with one attached hydrogen (secondary N) is 1. The molecule has 0 bridgehead atoms. The van der Waals surface area contributed by atoms with Crippen LogP contribution in [0.15, 0.2) is 0 Å². The lowest BCUT2D eigenvalue weighted by Crippen LogP contribution is -2.70. The monoisotopic (exact) mass is 675 g/mol. The van der Waals surface area contributed by atoms with Crippen LogP contribution in [0.3, 0.4) is 0 Å². The summed E-state index contributed by atoms with van der Waals surface area (Å²) in [6, 6.07) is -0.418. The van der Waals surface area contributed by atoms with E-state index in [9.17, 15) is 25.2 Å². The molecule has 0 amide bonds. The van der Waals surface area contributed by atoms with Crippen molar-refractivity contribution in [2.75, 3.05) is 33.3 Å². The third-order valence-electron chi connectivity index (χ3n) is 11.0. The van der Waals surface area contributed by atoms with Crippen LogP contribution in [0, 0.1) is 17.8 Å². The maximum Gasteiger partial charge on any atom is 0.311 e. The number of hydrogen-bond acceptors (Lipinski definition) is 11. The maximum absolute atomic E-state index is 13.9. The van der Waals surface area contributed by atoms with E-state index in [0.29, 0.717) is 32.4 Å². The first kappa shape index (κ1) is 42.3. The third-order valence-corrected chi connectivity index (χ3v) is 11.0. The predicted molar refractivity (Wildman–Crippen MR) is 183 cm³/mol. The Morgan fingerprint density at radius 1 is 0.979 bits per heavy atom. The first-order chi connectivity index (χ1) is 21.7. The largest absolute Gasteiger partial charge is 0.459 e. The number of carbonyl (C=O) groups is 1. The molecule has 11 heteroatoms. The number of carbonyl (C=O) groups excluding carboxylic acids is 1. The van der Waals surface area contributed by atoms with Crippen molar-refractivity contribution in [3.05, 3.63) is 0 Å². The van der Waals surface area contributed by atoms with Crippen LogP contribution in [-0.2, 0) is 23.7 Å². The van der Waals surface area contributed by atoms with Gasteiger partial charge in [-0.2, -0.15) is 0 Å². The lowest BCUT2D eigenvalue weighted by atomic mass is 9.75. The van der Waals surface area contributed by atoms with Crippen molar-refractivity contribution in [3.8, 4) is 0 Å². The number of esters is 1. The molecule has 5 N–H and O–H groups in total. The number of aliphatic hydroxyl groups excluding tert-OH is 1. The summed E-state index contributed by atoms with van der Waals surface area (Å²) in [6.45, 7) is 23.0. The fourth-order valence-electron chi connectivity index (χ4n) is 8.09. The second-order valence-corrected chi connectivity index (χ2v) is 15.6. The molecular formula is C36H70N2O9. The standard InChI is InChI=1S/C36H70N2O9/c1-13-16-37-22-36(43)27(8)45-29(20-34(36,10)44-12)47-30-24(5)19-33(9,41)18-23(4)21-38(17-14-2)26(7)31(39)35(11,42)28(15-3)46-32(40)25(30)6/h23-31,37,39,41-43H,13-22H2,1-12H3/t23?,24?,25?,26?,27-,28?,29-,30?,31?,33?,34+,35?,36-/m0/s1. The van der Waals surface area contributed by atoms with E-state index in [0.717, 1.165) is 19.4 Å². The van der Waals surface area contributed by atoms with Crippen LogP contribution in [0.25, 0.3) is 0 Å². The van der Waals surface area contributed by atoms with E-state index in [2.05, 4.69) is 31.0 Å². The van der Waals surface area contributed by atoms with Crippen LogP contribution in [0.4, 0.5) is 0 Å². The van der Waals surface area contributed by atoms with Gasteiger partial charge in [-0.25, -0.2) is 0 Å². The minimum Gasteiger partial charge on any atom is -0.459 e. The molecule has 2 aliphatic heterocycles. The zero-order valence-electron chi connectivity index (χ0n) is 31.5. The van der Waals surface area contributed by atoms with Gasteiger partial charge in [-0.05, 0) is 98.6 Å². The molecule has 278 valence electrons. The van der Waals surface area contributed by atoms with E-state index in [4.69, 9.17) is 18.9 Å². The van der Waals surface area contributed by atoms with Gasteiger partial charge in [0.1, 0.15) is 29.0 Å². The summed E-state index contributed by atoms with van der Waals surface area (Å²) in [5.41, 5.74) is -5.15. The highest BCUT2D eigenvalue weighted by Crippen LogP contribution is 2.42. The van der Waals surface area contributed by atoms with Crippen LogP contribution in [0.1, 0.15) is 115 Å². The van der Waals surface area contributed by atoms with Crippen LogP contribution < -0.4 is 5.32 Å². The van der Waals surface area contributed by atoms with Crippen molar-refractivity contribution in [1.29, 1.82) is 0 Å². The Bertz CT molecular complexity index is 967. The molecule has 0 aromatic carbocycles. The van der Waals surface area contributed by atoms with Gasteiger partial charge < -0.3 is 44.7 Å². The second-order valence-electron chi connectivity index (χ2n) is 15.6. The van der Waals surface area contributed by atoms with E-state index in [-0.39, 0.29) is 24.8 Å². The van der Waals surface area contributed by atoms with Crippen molar-refractivity contribution in [1.82, 2.24) is 10.2 Å². The Balaban J connectivity index is 2.50. The maximum atomic E-state index is 13.9. The van der Waals surface area contributed by atoms with Crippen LogP contribution >= 0.6 is 0 Å². The molecule has 2 aliphatic rings. The lowest BCUT2D eigenvalue weighted by molar-refractivity contribution is -0.328. The smallest absolute Gasteiger partial charge is 0.311 e. The van der Waals surface area contributed by atoms with Crippen molar-refractivity contribution >= 4 is 5.97 Å². The molecule has 0 aromatic rings. The van der Waals surface area contributed by atoms with E-state index in [1.54, 1.807) is 21.0 Å². The molecule has 2 fully saturated rings. The molecule has 2 rings (SSSR count). The number of nitrogens with zero attached hydrogens (tertiary/aromatic N) is 1. The van der Waals surface area contributed by atoms with Crippen LogP contribution in [-0.4, -0.2) is 124 Å². The summed E-state index contributed by atoms with van der Waals surface area (Å²) >= 11 is 0.